The van der Waals surface area contributed by atoms with Crippen molar-refractivity contribution in [1.82, 2.24) is 14.9 Å². The van der Waals surface area contributed by atoms with Gasteiger partial charge in [0.25, 0.3) is 5.91 Å². The van der Waals surface area contributed by atoms with E-state index in [1.165, 1.54) is 22.3 Å². The summed E-state index contributed by atoms with van der Waals surface area (Å²) in [5.41, 5.74) is 1.04. The van der Waals surface area contributed by atoms with Gasteiger partial charge in [-0.05, 0) is 38.5 Å². The van der Waals surface area contributed by atoms with Gasteiger partial charge in [-0.2, -0.15) is 0 Å². The van der Waals surface area contributed by atoms with E-state index in [0.717, 1.165) is 33.6 Å². The zero-order valence-corrected chi connectivity index (χ0v) is 18.0. The molecule has 0 unspecified atom stereocenters. The van der Waals surface area contributed by atoms with E-state index in [9.17, 15) is 18.4 Å². The van der Waals surface area contributed by atoms with Crippen LogP contribution in [0.1, 0.15) is 40.6 Å². The van der Waals surface area contributed by atoms with Crippen LogP contribution in [-0.2, 0) is 11.2 Å². The van der Waals surface area contributed by atoms with Crippen LogP contribution in [0.2, 0.25) is 0 Å². The van der Waals surface area contributed by atoms with Gasteiger partial charge < -0.3 is 10.2 Å². The molecule has 0 bridgehead atoms. The first-order valence-corrected chi connectivity index (χ1v) is 10.4. The SMILES string of the molecule is CCc1nc(C)c2c(C)c(C(=O)N(CC)CC(=O)Nc3c(F)cccc3F)sc2n1. The first-order valence-electron chi connectivity index (χ1n) is 9.56. The van der Waals surface area contributed by atoms with Gasteiger partial charge in [0.05, 0.1) is 4.88 Å². The molecule has 0 aliphatic carbocycles. The van der Waals surface area contributed by atoms with Gasteiger partial charge in [-0.25, -0.2) is 18.7 Å². The number of nitrogens with one attached hydrogen (secondary N) is 1. The molecule has 3 rings (SSSR count). The number of hydrogen-bond donors (Lipinski definition) is 1. The van der Waals surface area contributed by atoms with Crippen LogP contribution >= 0.6 is 11.3 Å². The normalized spacial score (nSPS) is 11.0. The predicted octanol–water partition coefficient (Wildman–Crippen LogP) is 4.25. The number of halogens is 2. The number of para-hydroxylation sites is 1. The Morgan fingerprint density at radius 3 is 2.40 bits per heavy atom. The third kappa shape index (κ3) is 4.16. The molecule has 0 saturated carbocycles. The van der Waals surface area contributed by atoms with Gasteiger partial charge in [0, 0.05) is 24.0 Å². The fourth-order valence-electron chi connectivity index (χ4n) is 3.20. The highest BCUT2D eigenvalue weighted by Crippen LogP contribution is 2.32. The molecule has 158 valence electrons. The number of rotatable bonds is 6. The van der Waals surface area contributed by atoms with Crippen LogP contribution in [0.4, 0.5) is 14.5 Å². The zero-order chi connectivity index (χ0) is 22.0. The summed E-state index contributed by atoms with van der Waals surface area (Å²) >= 11 is 1.26. The van der Waals surface area contributed by atoms with Crippen molar-refractivity contribution in [2.24, 2.45) is 0 Å². The van der Waals surface area contributed by atoms with E-state index in [0.29, 0.717) is 17.1 Å². The van der Waals surface area contributed by atoms with Gasteiger partial charge in [0.15, 0.2) is 0 Å². The molecule has 6 nitrogen and oxygen atoms in total. The molecule has 1 N–H and O–H groups in total. The van der Waals surface area contributed by atoms with Crippen LogP contribution in [0.25, 0.3) is 10.2 Å². The number of amides is 2. The van der Waals surface area contributed by atoms with Crippen molar-refractivity contribution in [3.05, 3.63) is 51.8 Å². The Balaban J connectivity index is 1.85. The Morgan fingerprint density at radius 1 is 1.13 bits per heavy atom. The Bertz CT molecular complexity index is 1110. The first-order chi connectivity index (χ1) is 14.3. The van der Waals surface area contributed by atoms with E-state index in [1.54, 1.807) is 6.92 Å². The number of fused-ring (bicyclic) bond motifs is 1. The monoisotopic (exact) mass is 432 g/mol. The van der Waals surface area contributed by atoms with Crippen LogP contribution in [0, 0.1) is 25.5 Å². The van der Waals surface area contributed by atoms with Crippen LogP contribution in [0.3, 0.4) is 0 Å². The van der Waals surface area contributed by atoms with Gasteiger partial charge in [-0.3, -0.25) is 9.59 Å². The van der Waals surface area contributed by atoms with Crippen molar-refractivity contribution in [1.29, 1.82) is 0 Å². The lowest BCUT2D eigenvalue weighted by Gasteiger charge is -2.20. The van der Waals surface area contributed by atoms with Gasteiger partial charge in [0.1, 0.15) is 34.5 Å². The van der Waals surface area contributed by atoms with E-state index < -0.39 is 23.2 Å². The maximum Gasteiger partial charge on any atom is 0.264 e. The minimum Gasteiger partial charge on any atom is -0.329 e. The van der Waals surface area contributed by atoms with E-state index in [-0.39, 0.29) is 19.0 Å². The number of carbonyl (C=O) groups excluding carboxylic acids is 2. The number of thiophene rings is 1. The largest absolute Gasteiger partial charge is 0.329 e. The summed E-state index contributed by atoms with van der Waals surface area (Å²) in [4.78, 5) is 37.0. The van der Waals surface area contributed by atoms with E-state index in [2.05, 4.69) is 15.3 Å². The van der Waals surface area contributed by atoms with Gasteiger partial charge in [-0.15, -0.1) is 11.3 Å². The molecule has 0 aliphatic heterocycles. The Labute approximate surface area is 176 Å². The summed E-state index contributed by atoms with van der Waals surface area (Å²) in [6.07, 6.45) is 0.685. The number of anilines is 1. The molecule has 0 aliphatic rings. The van der Waals surface area contributed by atoms with Crippen molar-refractivity contribution in [3.8, 4) is 0 Å². The second kappa shape index (κ2) is 8.83. The van der Waals surface area contributed by atoms with Gasteiger partial charge in [-0.1, -0.05) is 13.0 Å². The summed E-state index contributed by atoms with van der Waals surface area (Å²) < 4.78 is 27.6. The molecule has 3 aromatic rings. The van der Waals surface area contributed by atoms with Crippen molar-refractivity contribution >= 4 is 39.1 Å². The highest BCUT2D eigenvalue weighted by molar-refractivity contribution is 7.20. The highest BCUT2D eigenvalue weighted by Gasteiger charge is 2.24. The lowest BCUT2D eigenvalue weighted by molar-refractivity contribution is -0.116. The molecule has 2 aromatic heterocycles. The quantitative estimate of drug-likeness (QED) is 0.632. The molecule has 0 radical (unpaired) electrons. The van der Waals surface area contributed by atoms with Crippen LogP contribution in [0.5, 0.6) is 0 Å². The average Bonchev–Trinajstić information content (AvgIpc) is 3.05. The van der Waals surface area contributed by atoms with E-state index >= 15 is 0 Å². The smallest absolute Gasteiger partial charge is 0.264 e. The van der Waals surface area contributed by atoms with Crippen molar-refractivity contribution in [2.45, 2.75) is 34.1 Å². The minimum atomic E-state index is -0.876. The number of aromatic nitrogens is 2. The lowest BCUT2D eigenvalue weighted by atomic mass is 10.1. The molecule has 2 amide bonds. The van der Waals surface area contributed by atoms with Crippen molar-refractivity contribution < 1.29 is 18.4 Å². The number of hydrogen-bond acceptors (Lipinski definition) is 5. The average molecular weight is 432 g/mol. The van der Waals surface area contributed by atoms with E-state index in [1.807, 2.05) is 20.8 Å². The van der Waals surface area contributed by atoms with E-state index in [4.69, 9.17) is 0 Å². The fraction of sp³-hybridized carbons (Fsp3) is 0.333. The summed E-state index contributed by atoms with van der Waals surface area (Å²) in [5.74, 6) is -2.06. The maximum absolute atomic E-state index is 13.8. The van der Waals surface area contributed by atoms with Crippen LogP contribution in [-0.4, -0.2) is 39.8 Å². The second-order valence-electron chi connectivity index (χ2n) is 6.78. The first kappa shape index (κ1) is 21.8. The molecule has 30 heavy (non-hydrogen) atoms. The third-order valence-electron chi connectivity index (χ3n) is 4.76. The Kier molecular flexibility index (Phi) is 6.40. The molecule has 2 heterocycles. The standard InChI is InChI=1S/C21H22F2N4O2S/c1-5-15-24-12(4)17-11(3)19(30-20(17)25-15)21(29)27(6-2)10-16(28)26-18-13(22)8-7-9-14(18)23/h7-9H,5-6,10H2,1-4H3,(H,26,28). The number of likely N-dealkylation sites (N-methyl/N-ethyl adjacent to an activating group) is 1. The Morgan fingerprint density at radius 2 is 1.80 bits per heavy atom. The molecule has 1 aromatic carbocycles. The highest BCUT2D eigenvalue weighted by atomic mass is 32.1. The summed E-state index contributed by atoms with van der Waals surface area (Å²) in [7, 11) is 0. The molecule has 0 atom stereocenters. The summed E-state index contributed by atoms with van der Waals surface area (Å²) in [5, 5.41) is 3.06. The van der Waals surface area contributed by atoms with Crippen LogP contribution in [0.15, 0.2) is 18.2 Å². The van der Waals surface area contributed by atoms with Crippen molar-refractivity contribution in [3.63, 3.8) is 0 Å². The molecule has 0 saturated heterocycles. The predicted molar refractivity (Wildman–Crippen MR) is 113 cm³/mol. The molecular formula is C21H22F2N4O2S. The number of benzene rings is 1. The minimum absolute atomic E-state index is 0.255. The molecule has 0 spiro atoms. The number of aryl methyl sites for hydroxylation is 3. The second-order valence-corrected chi connectivity index (χ2v) is 7.78. The fourth-order valence-corrected chi connectivity index (χ4v) is 4.42. The summed E-state index contributed by atoms with van der Waals surface area (Å²) in [6.45, 7) is 7.33. The maximum atomic E-state index is 13.8. The Hall–Kier alpha value is -2.94. The van der Waals surface area contributed by atoms with Crippen LogP contribution < -0.4 is 5.32 Å². The van der Waals surface area contributed by atoms with Gasteiger partial charge >= 0.3 is 0 Å². The third-order valence-corrected chi connectivity index (χ3v) is 5.93. The van der Waals surface area contributed by atoms with Crippen molar-refractivity contribution in [2.75, 3.05) is 18.4 Å². The molecule has 9 heteroatoms. The number of nitrogens with zero attached hydrogens (tertiary/aromatic N) is 3. The number of carbonyl (C=O) groups is 2. The van der Waals surface area contributed by atoms with Gasteiger partial charge in [0.2, 0.25) is 5.91 Å². The zero-order valence-electron chi connectivity index (χ0n) is 17.2. The summed E-state index contributed by atoms with van der Waals surface area (Å²) in [6, 6.07) is 3.31. The lowest BCUT2D eigenvalue weighted by Crippen LogP contribution is -2.38. The molecule has 0 fully saturated rings. The molecular weight excluding hydrogens is 410 g/mol. The topological polar surface area (TPSA) is 75.2 Å².